The molecule has 100 valence electrons. The van der Waals surface area contributed by atoms with Crippen LogP contribution in [0, 0.1) is 0 Å². The highest BCUT2D eigenvalue weighted by atomic mass is 32.1. The van der Waals surface area contributed by atoms with Crippen molar-refractivity contribution in [2.75, 3.05) is 11.9 Å². The Morgan fingerprint density at radius 3 is 2.61 bits per heavy atom. The van der Waals surface area contributed by atoms with Gasteiger partial charge in [-0.25, -0.2) is 9.59 Å². The van der Waals surface area contributed by atoms with Crippen LogP contribution in [-0.2, 0) is 11.2 Å². The first-order chi connectivity index (χ1) is 8.35. The third kappa shape index (κ3) is 3.93. The van der Waals surface area contributed by atoms with E-state index < -0.39 is 24.1 Å². The first-order valence-electron chi connectivity index (χ1n) is 5.18. The Hall–Kier alpha value is -1.74. The van der Waals surface area contributed by atoms with Gasteiger partial charge in [0.25, 0.3) is 0 Å². The molecule has 0 aromatic carbocycles. The first kappa shape index (κ1) is 14.3. The first-order valence-corrected chi connectivity index (χ1v) is 6.00. The highest BCUT2D eigenvalue weighted by molar-refractivity contribution is 7.15. The normalized spacial score (nSPS) is 13.7. The second-order valence-electron chi connectivity index (χ2n) is 3.74. The predicted octanol–water partition coefficient (Wildman–Crippen LogP) is 0.0576. The third-order valence-corrected chi connectivity index (χ3v) is 3.03. The minimum atomic E-state index is -2.01. The molecule has 8 nitrogen and oxygen atoms in total. The van der Waals surface area contributed by atoms with Crippen LogP contribution in [0.2, 0.25) is 0 Å². The summed E-state index contributed by atoms with van der Waals surface area (Å²) in [5, 5.41) is 31.3. The van der Waals surface area contributed by atoms with E-state index >= 15 is 0 Å². The molecule has 2 amide bonds. The van der Waals surface area contributed by atoms with Crippen LogP contribution in [0.25, 0.3) is 0 Å². The molecular weight excluding hydrogens is 260 g/mol. The zero-order valence-electron chi connectivity index (χ0n) is 9.93. The van der Waals surface area contributed by atoms with Gasteiger partial charge in [-0.1, -0.05) is 18.3 Å². The fourth-order valence-corrected chi connectivity index (χ4v) is 1.59. The van der Waals surface area contributed by atoms with Crippen molar-refractivity contribution in [1.82, 2.24) is 15.5 Å². The molecule has 0 saturated heterocycles. The number of carboxylic acids is 1. The molecule has 1 unspecified atom stereocenters. The minimum Gasteiger partial charge on any atom is -0.479 e. The summed E-state index contributed by atoms with van der Waals surface area (Å²) >= 11 is 1.23. The van der Waals surface area contributed by atoms with E-state index in [1.807, 2.05) is 6.92 Å². The Bertz CT molecular complexity index is 446. The van der Waals surface area contributed by atoms with Crippen LogP contribution in [-0.4, -0.2) is 44.6 Å². The van der Waals surface area contributed by atoms with E-state index in [1.54, 1.807) is 0 Å². The predicted molar refractivity (Wildman–Crippen MR) is 64.6 cm³/mol. The second-order valence-corrected chi connectivity index (χ2v) is 4.80. The van der Waals surface area contributed by atoms with Gasteiger partial charge in [0.1, 0.15) is 5.01 Å². The summed E-state index contributed by atoms with van der Waals surface area (Å²) in [5.74, 6) is -1.41. The number of urea groups is 1. The van der Waals surface area contributed by atoms with Gasteiger partial charge in [-0.05, 0) is 13.3 Å². The zero-order valence-corrected chi connectivity index (χ0v) is 10.7. The number of aryl methyl sites for hydroxylation is 1. The van der Waals surface area contributed by atoms with Gasteiger partial charge < -0.3 is 15.5 Å². The number of rotatable bonds is 5. The molecule has 0 aliphatic heterocycles. The zero-order chi connectivity index (χ0) is 13.8. The number of amides is 2. The van der Waals surface area contributed by atoms with Crippen LogP contribution >= 0.6 is 11.3 Å². The van der Waals surface area contributed by atoms with Gasteiger partial charge in [0.05, 0.1) is 6.54 Å². The van der Waals surface area contributed by atoms with Gasteiger partial charge >= 0.3 is 12.0 Å². The number of anilines is 1. The Labute approximate surface area is 107 Å². The Morgan fingerprint density at radius 2 is 2.11 bits per heavy atom. The minimum absolute atomic E-state index is 0.319. The second kappa shape index (κ2) is 5.74. The van der Waals surface area contributed by atoms with Crippen molar-refractivity contribution in [2.24, 2.45) is 0 Å². The number of carbonyl (C=O) groups excluding carboxylic acids is 1. The molecule has 1 aromatic heterocycles. The van der Waals surface area contributed by atoms with Crippen LogP contribution < -0.4 is 10.6 Å². The van der Waals surface area contributed by atoms with Crippen LogP contribution in [0.4, 0.5) is 9.93 Å². The molecule has 1 aromatic rings. The quantitative estimate of drug-likeness (QED) is 0.601. The van der Waals surface area contributed by atoms with Crippen molar-refractivity contribution in [3.8, 4) is 0 Å². The topological polar surface area (TPSA) is 124 Å². The van der Waals surface area contributed by atoms with Gasteiger partial charge in [0.2, 0.25) is 5.13 Å². The Balaban J connectivity index is 2.45. The standard InChI is InChI=1S/C9H14N4O4S/c1-3-5-12-13-8(18-5)11-7(16)10-4-9(2,17)6(14)15/h17H,3-4H2,1-2H3,(H,14,15)(H2,10,11,13,16). The summed E-state index contributed by atoms with van der Waals surface area (Å²) in [6.45, 7) is 2.60. The summed E-state index contributed by atoms with van der Waals surface area (Å²) in [5.41, 5.74) is -2.01. The number of aliphatic carboxylic acids is 1. The number of aliphatic hydroxyl groups is 1. The highest BCUT2D eigenvalue weighted by Gasteiger charge is 2.30. The molecule has 9 heteroatoms. The maximum atomic E-state index is 11.4. The van der Waals surface area contributed by atoms with Crippen molar-refractivity contribution >= 4 is 28.5 Å². The molecule has 18 heavy (non-hydrogen) atoms. The lowest BCUT2D eigenvalue weighted by atomic mass is 10.1. The average molecular weight is 274 g/mol. The summed E-state index contributed by atoms with van der Waals surface area (Å²) in [4.78, 5) is 22.0. The third-order valence-electron chi connectivity index (χ3n) is 2.04. The van der Waals surface area contributed by atoms with E-state index in [9.17, 15) is 14.7 Å². The summed E-state index contributed by atoms with van der Waals surface area (Å²) in [6, 6.07) is -0.643. The van der Waals surface area contributed by atoms with Crippen LogP contribution in [0.3, 0.4) is 0 Å². The van der Waals surface area contributed by atoms with Crippen molar-refractivity contribution < 1.29 is 19.8 Å². The lowest BCUT2D eigenvalue weighted by Gasteiger charge is -2.17. The summed E-state index contributed by atoms with van der Waals surface area (Å²) < 4.78 is 0. The number of carboxylic acid groups (broad SMARTS) is 1. The number of carbonyl (C=O) groups is 2. The lowest BCUT2D eigenvalue weighted by Crippen LogP contribution is -2.47. The molecule has 0 fully saturated rings. The molecule has 1 atom stereocenters. The monoisotopic (exact) mass is 274 g/mol. The molecule has 1 heterocycles. The molecule has 0 radical (unpaired) electrons. The van der Waals surface area contributed by atoms with E-state index in [-0.39, 0.29) is 0 Å². The lowest BCUT2D eigenvalue weighted by molar-refractivity contribution is -0.155. The van der Waals surface area contributed by atoms with E-state index in [2.05, 4.69) is 20.8 Å². The van der Waals surface area contributed by atoms with Crippen molar-refractivity contribution in [2.45, 2.75) is 25.9 Å². The number of nitrogens with zero attached hydrogens (tertiary/aromatic N) is 2. The van der Waals surface area contributed by atoms with E-state index in [1.165, 1.54) is 11.3 Å². The largest absolute Gasteiger partial charge is 0.479 e. The van der Waals surface area contributed by atoms with Gasteiger partial charge in [-0.3, -0.25) is 5.32 Å². The number of aromatic nitrogens is 2. The highest BCUT2D eigenvalue weighted by Crippen LogP contribution is 2.14. The van der Waals surface area contributed by atoms with Gasteiger partial charge in [-0.15, -0.1) is 10.2 Å². The average Bonchev–Trinajstić information content (AvgIpc) is 2.74. The maximum absolute atomic E-state index is 11.4. The molecular formula is C9H14N4O4S. The summed E-state index contributed by atoms with van der Waals surface area (Å²) in [6.07, 6.45) is 0.717. The van der Waals surface area contributed by atoms with Crippen LogP contribution in [0.1, 0.15) is 18.9 Å². The fraction of sp³-hybridized carbons (Fsp3) is 0.556. The molecule has 0 saturated carbocycles. The smallest absolute Gasteiger partial charge is 0.337 e. The fourth-order valence-electron chi connectivity index (χ4n) is 0.916. The molecule has 0 aliphatic carbocycles. The van der Waals surface area contributed by atoms with Crippen molar-refractivity contribution in [3.63, 3.8) is 0 Å². The van der Waals surface area contributed by atoms with Gasteiger partial charge in [-0.2, -0.15) is 0 Å². The molecule has 0 aliphatic rings. The van der Waals surface area contributed by atoms with Crippen molar-refractivity contribution in [3.05, 3.63) is 5.01 Å². The molecule has 0 spiro atoms. The number of hydrogen-bond donors (Lipinski definition) is 4. The van der Waals surface area contributed by atoms with E-state index in [0.717, 1.165) is 11.9 Å². The van der Waals surface area contributed by atoms with Crippen molar-refractivity contribution in [1.29, 1.82) is 0 Å². The molecule has 1 rings (SSSR count). The Morgan fingerprint density at radius 1 is 1.44 bits per heavy atom. The van der Waals surface area contributed by atoms with Crippen LogP contribution in [0.5, 0.6) is 0 Å². The SMILES string of the molecule is CCc1nnc(NC(=O)NCC(C)(O)C(=O)O)s1. The van der Waals surface area contributed by atoms with Crippen LogP contribution in [0.15, 0.2) is 0 Å². The number of hydrogen-bond acceptors (Lipinski definition) is 6. The van der Waals surface area contributed by atoms with Gasteiger partial charge in [0.15, 0.2) is 5.60 Å². The molecule has 4 N–H and O–H groups in total. The molecule has 0 bridgehead atoms. The summed E-state index contributed by atoms with van der Waals surface area (Å²) in [7, 11) is 0. The van der Waals surface area contributed by atoms with Gasteiger partial charge in [0, 0.05) is 0 Å². The van der Waals surface area contributed by atoms with E-state index in [0.29, 0.717) is 11.6 Å². The number of nitrogens with one attached hydrogen (secondary N) is 2. The Kier molecular flexibility index (Phi) is 4.56. The van der Waals surface area contributed by atoms with E-state index in [4.69, 9.17) is 5.11 Å². The maximum Gasteiger partial charge on any atom is 0.337 e.